The van der Waals surface area contributed by atoms with E-state index in [2.05, 4.69) is 28.8 Å². The van der Waals surface area contributed by atoms with Gasteiger partial charge in [-0.25, -0.2) is 4.79 Å². The van der Waals surface area contributed by atoms with Gasteiger partial charge in [-0.1, -0.05) is 56.3 Å². The Morgan fingerprint density at radius 2 is 1.80 bits per heavy atom. The molecular weight excluding hydrogens is 316 g/mol. The van der Waals surface area contributed by atoms with E-state index in [4.69, 9.17) is 4.74 Å². The average molecular weight is 344 g/mol. The topological polar surface area (TPSA) is 70.6 Å². The van der Waals surface area contributed by atoms with E-state index in [1.165, 1.54) is 0 Å². The van der Waals surface area contributed by atoms with Crippen molar-refractivity contribution in [2.75, 3.05) is 19.8 Å². The van der Waals surface area contributed by atoms with Crippen molar-refractivity contribution in [1.29, 1.82) is 0 Å². The molecule has 3 N–H and O–H groups in total. The third kappa shape index (κ3) is 6.03. The van der Waals surface area contributed by atoms with E-state index in [1.807, 2.05) is 45.0 Å². The van der Waals surface area contributed by atoms with E-state index in [0.29, 0.717) is 12.5 Å². The Labute approximate surface area is 149 Å². The van der Waals surface area contributed by atoms with Gasteiger partial charge < -0.3 is 20.5 Å². The molecule has 0 fully saturated rings. The summed E-state index contributed by atoms with van der Waals surface area (Å²) in [5, 5.41) is 17.7. The SMILES string of the molecule is CC(C)COCC(O)CNC(=O)NC(C)c1cccc2ccccc12. The summed E-state index contributed by atoms with van der Waals surface area (Å²) < 4.78 is 5.37. The monoisotopic (exact) mass is 344 g/mol. The first-order valence-electron chi connectivity index (χ1n) is 8.75. The standard InChI is InChI=1S/C20H28N2O3/c1-14(2)12-25-13-17(23)11-21-20(24)22-15(3)18-10-6-8-16-7-4-5-9-19(16)18/h4-10,14-15,17,23H,11-13H2,1-3H3,(H2,21,22,24). The highest BCUT2D eigenvalue weighted by Gasteiger charge is 2.13. The lowest BCUT2D eigenvalue weighted by Crippen LogP contribution is -2.42. The van der Waals surface area contributed by atoms with Crippen LogP contribution < -0.4 is 10.6 Å². The zero-order valence-corrected chi connectivity index (χ0v) is 15.2. The van der Waals surface area contributed by atoms with Crippen LogP contribution in [0.4, 0.5) is 4.79 Å². The van der Waals surface area contributed by atoms with Crippen LogP contribution in [-0.4, -0.2) is 37.0 Å². The number of aliphatic hydroxyl groups excluding tert-OH is 1. The fraction of sp³-hybridized carbons (Fsp3) is 0.450. The summed E-state index contributed by atoms with van der Waals surface area (Å²) in [5.74, 6) is 0.421. The summed E-state index contributed by atoms with van der Waals surface area (Å²) in [5.41, 5.74) is 1.06. The summed E-state index contributed by atoms with van der Waals surface area (Å²) in [6, 6.07) is 13.7. The Balaban J connectivity index is 1.83. The van der Waals surface area contributed by atoms with Crippen LogP contribution in [0.5, 0.6) is 0 Å². The maximum atomic E-state index is 12.1. The molecule has 0 spiro atoms. The van der Waals surface area contributed by atoms with Gasteiger partial charge in [0.15, 0.2) is 0 Å². The van der Waals surface area contributed by atoms with Gasteiger partial charge in [-0.3, -0.25) is 0 Å². The number of benzene rings is 2. The van der Waals surface area contributed by atoms with Crippen LogP contribution in [-0.2, 0) is 4.74 Å². The van der Waals surface area contributed by atoms with Crippen molar-refractivity contribution in [3.63, 3.8) is 0 Å². The zero-order chi connectivity index (χ0) is 18.2. The molecule has 2 unspecified atom stereocenters. The maximum absolute atomic E-state index is 12.1. The molecule has 0 saturated heterocycles. The van der Waals surface area contributed by atoms with E-state index >= 15 is 0 Å². The van der Waals surface area contributed by atoms with Gasteiger partial charge in [-0.2, -0.15) is 0 Å². The lowest BCUT2D eigenvalue weighted by Gasteiger charge is -2.18. The van der Waals surface area contributed by atoms with Crippen LogP contribution in [0, 0.1) is 5.92 Å². The van der Waals surface area contributed by atoms with Gasteiger partial charge in [0.25, 0.3) is 0 Å². The minimum atomic E-state index is -0.711. The van der Waals surface area contributed by atoms with Gasteiger partial charge in [0.05, 0.1) is 18.8 Å². The van der Waals surface area contributed by atoms with Crippen molar-refractivity contribution >= 4 is 16.8 Å². The second-order valence-corrected chi connectivity index (χ2v) is 6.73. The number of rotatable bonds is 8. The Morgan fingerprint density at radius 1 is 1.08 bits per heavy atom. The predicted octanol–water partition coefficient (Wildman–Crippen LogP) is 3.23. The largest absolute Gasteiger partial charge is 0.389 e. The number of ether oxygens (including phenoxy) is 1. The van der Waals surface area contributed by atoms with Crippen molar-refractivity contribution in [3.05, 3.63) is 48.0 Å². The fourth-order valence-corrected chi connectivity index (χ4v) is 2.66. The Bertz CT molecular complexity index is 682. The summed E-state index contributed by atoms with van der Waals surface area (Å²) in [6.45, 7) is 7.02. The minimum Gasteiger partial charge on any atom is -0.389 e. The molecule has 2 atom stereocenters. The number of hydrogen-bond donors (Lipinski definition) is 3. The lowest BCUT2D eigenvalue weighted by atomic mass is 10.00. The molecule has 0 aliphatic carbocycles. The molecule has 0 radical (unpaired) electrons. The van der Waals surface area contributed by atoms with Crippen molar-refractivity contribution in [2.45, 2.75) is 32.9 Å². The number of carbonyl (C=O) groups excluding carboxylic acids is 1. The summed E-state index contributed by atoms with van der Waals surface area (Å²) in [4.78, 5) is 12.1. The molecule has 2 aromatic carbocycles. The molecule has 2 amide bonds. The van der Waals surface area contributed by atoms with Crippen LogP contribution in [0.1, 0.15) is 32.4 Å². The van der Waals surface area contributed by atoms with Crippen LogP contribution in [0.15, 0.2) is 42.5 Å². The fourth-order valence-electron chi connectivity index (χ4n) is 2.66. The van der Waals surface area contributed by atoms with E-state index < -0.39 is 6.10 Å². The molecule has 0 aromatic heterocycles. The molecular formula is C20H28N2O3. The van der Waals surface area contributed by atoms with Crippen molar-refractivity contribution < 1.29 is 14.6 Å². The molecule has 0 saturated carbocycles. The van der Waals surface area contributed by atoms with Gasteiger partial charge in [-0.15, -0.1) is 0 Å². The highest BCUT2D eigenvalue weighted by atomic mass is 16.5. The van der Waals surface area contributed by atoms with Crippen LogP contribution in [0.25, 0.3) is 10.8 Å². The number of urea groups is 1. The second-order valence-electron chi connectivity index (χ2n) is 6.73. The molecule has 5 heteroatoms. The number of amides is 2. The number of hydrogen-bond acceptors (Lipinski definition) is 3. The van der Waals surface area contributed by atoms with Gasteiger partial charge in [0.2, 0.25) is 0 Å². The molecule has 0 bridgehead atoms. The number of fused-ring (bicyclic) bond motifs is 1. The Kier molecular flexibility index (Phi) is 7.22. The summed E-state index contributed by atoms with van der Waals surface area (Å²) in [7, 11) is 0. The van der Waals surface area contributed by atoms with E-state index in [1.54, 1.807) is 0 Å². The second kappa shape index (κ2) is 9.39. The molecule has 2 rings (SSSR count). The van der Waals surface area contributed by atoms with Gasteiger partial charge in [0.1, 0.15) is 0 Å². The van der Waals surface area contributed by atoms with Crippen molar-refractivity contribution in [2.24, 2.45) is 5.92 Å². The Morgan fingerprint density at radius 3 is 2.56 bits per heavy atom. The summed E-state index contributed by atoms with van der Waals surface area (Å²) in [6.07, 6.45) is -0.711. The first kappa shape index (κ1) is 19.2. The van der Waals surface area contributed by atoms with E-state index in [0.717, 1.165) is 16.3 Å². The smallest absolute Gasteiger partial charge is 0.315 e. The summed E-state index contributed by atoms with van der Waals surface area (Å²) >= 11 is 0. The number of nitrogens with one attached hydrogen (secondary N) is 2. The van der Waals surface area contributed by atoms with Gasteiger partial charge >= 0.3 is 6.03 Å². The third-order valence-electron chi connectivity index (χ3n) is 3.90. The average Bonchev–Trinajstić information content (AvgIpc) is 2.59. The van der Waals surface area contributed by atoms with Crippen LogP contribution in [0.3, 0.4) is 0 Å². The lowest BCUT2D eigenvalue weighted by molar-refractivity contribution is 0.0272. The molecule has 0 heterocycles. The maximum Gasteiger partial charge on any atom is 0.315 e. The molecule has 0 aliphatic rings. The van der Waals surface area contributed by atoms with Gasteiger partial charge in [-0.05, 0) is 29.2 Å². The molecule has 136 valence electrons. The first-order chi connectivity index (χ1) is 12.0. The first-order valence-corrected chi connectivity index (χ1v) is 8.75. The van der Waals surface area contributed by atoms with E-state index in [-0.39, 0.29) is 25.2 Å². The van der Waals surface area contributed by atoms with Crippen LogP contribution in [0.2, 0.25) is 0 Å². The normalized spacial score (nSPS) is 13.6. The van der Waals surface area contributed by atoms with E-state index in [9.17, 15) is 9.90 Å². The third-order valence-corrected chi connectivity index (χ3v) is 3.90. The van der Waals surface area contributed by atoms with Gasteiger partial charge in [0, 0.05) is 13.2 Å². The minimum absolute atomic E-state index is 0.138. The highest BCUT2D eigenvalue weighted by Crippen LogP contribution is 2.23. The molecule has 25 heavy (non-hydrogen) atoms. The molecule has 2 aromatic rings. The molecule has 0 aliphatic heterocycles. The number of aliphatic hydroxyl groups is 1. The zero-order valence-electron chi connectivity index (χ0n) is 15.2. The predicted molar refractivity (Wildman–Crippen MR) is 101 cm³/mol. The highest BCUT2D eigenvalue weighted by molar-refractivity contribution is 5.86. The van der Waals surface area contributed by atoms with Crippen molar-refractivity contribution in [1.82, 2.24) is 10.6 Å². The quantitative estimate of drug-likeness (QED) is 0.688. The Hall–Kier alpha value is -2.11. The van der Waals surface area contributed by atoms with Crippen LogP contribution >= 0.6 is 0 Å². The van der Waals surface area contributed by atoms with Crippen molar-refractivity contribution in [3.8, 4) is 0 Å². The molecule has 5 nitrogen and oxygen atoms in total. The number of carbonyl (C=O) groups is 1.